The van der Waals surface area contributed by atoms with E-state index in [4.69, 9.17) is 17.3 Å². The van der Waals surface area contributed by atoms with E-state index < -0.39 is 0 Å². The lowest BCUT2D eigenvalue weighted by Gasteiger charge is -2.41. The van der Waals surface area contributed by atoms with Crippen molar-refractivity contribution in [3.8, 4) is 0 Å². The highest BCUT2D eigenvalue weighted by molar-refractivity contribution is 6.30. The molecular formula is C13H17ClN2O. The van der Waals surface area contributed by atoms with Gasteiger partial charge in [-0.05, 0) is 37.1 Å². The summed E-state index contributed by atoms with van der Waals surface area (Å²) < 4.78 is 0. The largest absolute Gasteiger partial charge is 0.329 e. The number of benzene rings is 1. The maximum Gasteiger partial charge on any atom is 0.234 e. The molecule has 1 aliphatic carbocycles. The zero-order valence-electron chi connectivity index (χ0n) is 9.95. The summed E-state index contributed by atoms with van der Waals surface area (Å²) in [6, 6.07) is 7.28. The van der Waals surface area contributed by atoms with E-state index in [1.54, 1.807) is 24.1 Å². The SMILES string of the molecule is CN(C(=O)C1(CN)CCC1)c1ccc(Cl)cc1. The summed E-state index contributed by atoms with van der Waals surface area (Å²) in [5.74, 6) is 0.119. The zero-order chi connectivity index (χ0) is 12.5. The molecule has 0 saturated heterocycles. The van der Waals surface area contributed by atoms with Gasteiger partial charge in [0, 0.05) is 24.3 Å². The van der Waals surface area contributed by atoms with Gasteiger partial charge in [-0.25, -0.2) is 0 Å². The van der Waals surface area contributed by atoms with Crippen molar-refractivity contribution < 1.29 is 4.79 Å². The molecule has 1 saturated carbocycles. The van der Waals surface area contributed by atoms with Crippen LogP contribution < -0.4 is 10.6 Å². The van der Waals surface area contributed by atoms with Crippen molar-refractivity contribution in [2.45, 2.75) is 19.3 Å². The summed E-state index contributed by atoms with van der Waals surface area (Å²) in [6.45, 7) is 0.434. The van der Waals surface area contributed by atoms with Crippen LogP contribution in [0.4, 0.5) is 5.69 Å². The van der Waals surface area contributed by atoms with Crippen molar-refractivity contribution in [2.24, 2.45) is 11.1 Å². The first-order chi connectivity index (χ1) is 8.09. The molecule has 0 heterocycles. The topological polar surface area (TPSA) is 46.3 Å². The number of halogens is 1. The Morgan fingerprint density at radius 2 is 2.00 bits per heavy atom. The maximum atomic E-state index is 12.4. The first kappa shape index (κ1) is 12.4. The van der Waals surface area contributed by atoms with Crippen LogP contribution in [0.2, 0.25) is 5.02 Å². The van der Waals surface area contributed by atoms with Gasteiger partial charge in [0.2, 0.25) is 5.91 Å². The van der Waals surface area contributed by atoms with E-state index in [2.05, 4.69) is 0 Å². The molecule has 1 fully saturated rings. The molecule has 1 aromatic rings. The van der Waals surface area contributed by atoms with Gasteiger partial charge in [-0.3, -0.25) is 4.79 Å². The second-order valence-electron chi connectivity index (χ2n) is 4.68. The number of carbonyl (C=O) groups excluding carboxylic acids is 1. The summed E-state index contributed by atoms with van der Waals surface area (Å²) in [5, 5.41) is 0.673. The minimum atomic E-state index is -0.325. The summed E-state index contributed by atoms with van der Waals surface area (Å²) in [6.07, 6.45) is 2.90. The monoisotopic (exact) mass is 252 g/mol. The predicted octanol–water partition coefficient (Wildman–Crippen LogP) is 2.43. The molecule has 0 spiro atoms. The van der Waals surface area contributed by atoms with Gasteiger partial charge in [0.25, 0.3) is 0 Å². The van der Waals surface area contributed by atoms with Gasteiger partial charge in [0.15, 0.2) is 0 Å². The highest BCUT2D eigenvalue weighted by Gasteiger charge is 2.44. The Balaban J connectivity index is 2.17. The number of hydrogen-bond donors (Lipinski definition) is 1. The lowest BCUT2D eigenvalue weighted by atomic mass is 9.68. The van der Waals surface area contributed by atoms with E-state index in [0.717, 1.165) is 24.9 Å². The number of nitrogens with zero attached hydrogens (tertiary/aromatic N) is 1. The van der Waals surface area contributed by atoms with Gasteiger partial charge in [-0.15, -0.1) is 0 Å². The first-order valence-electron chi connectivity index (χ1n) is 5.83. The van der Waals surface area contributed by atoms with E-state index in [-0.39, 0.29) is 11.3 Å². The second kappa shape index (κ2) is 4.67. The van der Waals surface area contributed by atoms with E-state index in [1.807, 2.05) is 12.1 Å². The van der Waals surface area contributed by atoms with Gasteiger partial charge < -0.3 is 10.6 Å². The molecule has 1 amide bonds. The average Bonchev–Trinajstić information content (AvgIpc) is 2.28. The standard InChI is InChI=1S/C13H17ClN2O/c1-16(11-5-3-10(14)4-6-11)12(17)13(9-15)7-2-8-13/h3-6H,2,7-9,15H2,1H3. The first-order valence-corrected chi connectivity index (χ1v) is 6.21. The molecule has 0 aliphatic heterocycles. The van der Waals surface area contributed by atoms with Crippen molar-refractivity contribution >= 4 is 23.2 Å². The molecule has 4 heteroatoms. The van der Waals surface area contributed by atoms with Crippen molar-refractivity contribution in [1.29, 1.82) is 0 Å². The molecule has 0 unspecified atom stereocenters. The summed E-state index contributed by atoms with van der Waals surface area (Å²) in [4.78, 5) is 14.1. The van der Waals surface area contributed by atoms with Crippen molar-refractivity contribution in [3.05, 3.63) is 29.3 Å². The number of hydrogen-bond acceptors (Lipinski definition) is 2. The zero-order valence-corrected chi connectivity index (χ0v) is 10.7. The molecule has 2 rings (SSSR count). The van der Waals surface area contributed by atoms with Crippen molar-refractivity contribution in [3.63, 3.8) is 0 Å². The van der Waals surface area contributed by atoms with Gasteiger partial charge in [0.1, 0.15) is 0 Å². The Bertz CT molecular complexity index is 406. The average molecular weight is 253 g/mol. The third-order valence-corrected chi connectivity index (χ3v) is 3.93. The van der Waals surface area contributed by atoms with Gasteiger partial charge >= 0.3 is 0 Å². The molecular weight excluding hydrogens is 236 g/mol. The number of amides is 1. The molecule has 17 heavy (non-hydrogen) atoms. The van der Waals surface area contributed by atoms with Gasteiger partial charge in [0.05, 0.1) is 5.41 Å². The quantitative estimate of drug-likeness (QED) is 0.898. The number of anilines is 1. The Morgan fingerprint density at radius 3 is 2.41 bits per heavy atom. The van der Waals surface area contributed by atoms with E-state index in [9.17, 15) is 4.79 Å². The fourth-order valence-electron chi connectivity index (χ4n) is 2.25. The fraction of sp³-hybridized carbons (Fsp3) is 0.462. The van der Waals surface area contributed by atoms with Crippen LogP contribution >= 0.6 is 11.6 Å². The Morgan fingerprint density at radius 1 is 1.41 bits per heavy atom. The minimum Gasteiger partial charge on any atom is -0.329 e. The Labute approximate surface area is 107 Å². The van der Waals surface area contributed by atoms with Crippen LogP contribution in [0.25, 0.3) is 0 Å². The molecule has 3 nitrogen and oxygen atoms in total. The molecule has 0 radical (unpaired) electrons. The Hall–Kier alpha value is -1.06. The summed E-state index contributed by atoms with van der Waals surface area (Å²) >= 11 is 5.83. The molecule has 1 aliphatic rings. The summed E-state index contributed by atoms with van der Waals surface area (Å²) in [7, 11) is 1.79. The molecule has 0 bridgehead atoms. The van der Waals surface area contributed by atoms with Crippen LogP contribution in [0.3, 0.4) is 0 Å². The maximum absolute atomic E-state index is 12.4. The molecule has 0 aromatic heterocycles. The highest BCUT2D eigenvalue weighted by Crippen LogP contribution is 2.42. The van der Waals surface area contributed by atoms with Crippen molar-refractivity contribution in [1.82, 2.24) is 0 Å². The number of nitrogens with two attached hydrogens (primary N) is 1. The van der Waals surface area contributed by atoms with Crippen LogP contribution in [0.15, 0.2) is 24.3 Å². The molecule has 1 aromatic carbocycles. The van der Waals surface area contributed by atoms with E-state index in [1.165, 1.54) is 0 Å². The van der Waals surface area contributed by atoms with Crippen LogP contribution in [0, 0.1) is 5.41 Å². The highest BCUT2D eigenvalue weighted by atomic mass is 35.5. The molecule has 2 N–H and O–H groups in total. The lowest BCUT2D eigenvalue weighted by molar-refractivity contribution is -0.131. The fourth-order valence-corrected chi connectivity index (χ4v) is 2.37. The van der Waals surface area contributed by atoms with Crippen LogP contribution in [-0.4, -0.2) is 19.5 Å². The van der Waals surface area contributed by atoms with Crippen LogP contribution in [0.5, 0.6) is 0 Å². The van der Waals surface area contributed by atoms with Gasteiger partial charge in [-0.1, -0.05) is 18.0 Å². The van der Waals surface area contributed by atoms with E-state index >= 15 is 0 Å². The number of carbonyl (C=O) groups is 1. The van der Waals surface area contributed by atoms with Crippen molar-refractivity contribution in [2.75, 3.05) is 18.5 Å². The molecule has 92 valence electrons. The van der Waals surface area contributed by atoms with Crippen LogP contribution in [-0.2, 0) is 4.79 Å². The normalized spacial score (nSPS) is 17.4. The second-order valence-corrected chi connectivity index (χ2v) is 5.12. The van der Waals surface area contributed by atoms with E-state index in [0.29, 0.717) is 11.6 Å². The smallest absolute Gasteiger partial charge is 0.234 e. The third-order valence-electron chi connectivity index (χ3n) is 3.67. The van der Waals surface area contributed by atoms with Gasteiger partial charge in [-0.2, -0.15) is 0 Å². The van der Waals surface area contributed by atoms with Crippen LogP contribution in [0.1, 0.15) is 19.3 Å². The predicted molar refractivity (Wildman–Crippen MR) is 70.2 cm³/mol. The Kier molecular flexibility index (Phi) is 3.40. The summed E-state index contributed by atoms with van der Waals surface area (Å²) in [5.41, 5.74) is 6.28. The minimum absolute atomic E-state index is 0.119. The lowest BCUT2D eigenvalue weighted by Crippen LogP contribution is -2.51. The third kappa shape index (κ3) is 2.17. The molecule has 0 atom stereocenters. The number of rotatable bonds is 3.